The molecular weight excluding hydrogens is 893 g/mol. The van der Waals surface area contributed by atoms with E-state index in [0.29, 0.717) is 5.92 Å². The van der Waals surface area contributed by atoms with Gasteiger partial charge in [-0.1, -0.05) is 219 Å². The highest BCUT2D eigenvalue weighted by Crippen LogP contribution is 2.55. The van der Waals surface area contributed by atoms with Crippen molar-refractivity contribution in [2.24, 2.45) is 0 Å². The molecule has 0 aliphatic heterocycles. The van der Waals surface area contributed by atoms with Crippen LogP contribution in [-0.2, 0) is 5.41 Å². The van der Waals surface area contributed by atoms with Crippen molar-refractivity contribution in [3.63, 3.8) is 0 Å². The second-order valence-corrected chi connectivity index (χ2v) is 20.7. The average molecular weight is 949 g/mol. The fraction of sp³-hybridized carbons (Fsp3) is 0.111. The lowest BCUT2D eigenvalue weighted by Gasteiger charge is -2.29. The lowest BCUT2D eigenvalue weighted by Crippen LogP contribution is -2.22. The molecule has 1 fully saturated rings. The highest BCUT2D eigenvalue weighted by molar-refractivity contribution is 6.16. The Labute approximate surface area is 434 Å². The van der Waals surface area contributed by atoms with Gasteiger partial charge >= 0.3 is 0 Å². The van der Waals surface area contributed by atoms with E-state index in [2.05, 4.69) is 271 Å². The summed E-state index contributed by atoms with van der Waals surface area (Å²) in [6.07, 6.45) is 6.44. The van der Waals surface area contributed by atoms with Crippen molar-refractivity contribution in [3.05, 3.63) is 277 Å². The SMILES string of the molecule is CC1(c2ccccc2)c2ccccc2-c2c(-c3ccc(N(c4ccc(-c5cccc6c5c5ccccc5n6-c5ccccc5)cc4)c4ccccc4-c4cccc5cccc(C6CCCCC6)c45)cc3)cccc21. The van der Waals surface area contributed by atoms with Gasteiger partial charge in [-0.05, 0) is 152 Å². The van der Waals surface area contributed by atoms with Crippen LogP contribution in [0.1, 0.15) is 67.2 Å². The van der Waals surface area contributed by atoms with Crippen LogP contribution in [0.25, 0.3) is 82.8 Å². The molecule has 2 aliphatic carbocycles. The van der Waals surface area contributed by atoms with Crippen molar-refractivity contribution in [2.45, 2.75) is 50.4 Å². The molecule has 1 aromatic heterocycles. The smallest absolute Gasteiger partial charge is 0.0547 e. The van der Waals surface area contributed by atoms with E-state index in [1.165, 1.54) is 131 Å². The minimum Gasteiger partial charge on any atom is -0.310 e. The molecule has 74 heavy (non-hydrogen) atoms. The van der Waals surface area contributed by atoms with Crippen LogP contribution in [-0.4, -0.2) is 4.57 Å². The van der Waals surface area contributed by atoms with E-state index in [-0.39, 0.29) is 5.41 Å². The second-order valence-electron chi connectivity index (χ2n) is 20.7. The Morgan fingerprint density at radius 2 is 0.959 bits per heavy atom. The summed E-state index contributed by atoms with van der Waals surface area (Å²) in [5, 5.41) is 5.22. The first-order valence-corrected chi connectivity index (χ1v) is 26.6. The molecule has 12 aromatic rings. The zero-order valence-electron chi connectivity index (χ0n) is 41.8. The summed E-state index contributed by atoms with van der Waals surface area (Å²) in [6, 6.07) is 95.0. The molecule has 14 rings (SSSR count). The molecule has 0 amide bonds. The van der Waals surface area contributed by atoms with Crippen molar-refractivity contribution in [2.75, 3.05) is 4.90 Å². The maximum Gasteiger partial charge on any atom is 0.0547 e. The normalized spacial score (nSPS) is 15.4. The van der Waals surface area contributed by atoms with Crippen molar-refractivity contribution in [1.29, 1.82) is 0 Å². The molecule has 0 radical (unpaired) electrons. The molecular formula is C72H56N2. The number of fused-ring (bicyclic) bond motifs is 7. The van der Waals surface area contributed by atoms with E-state index >= 15 is 0 Å². The largest absolute Gasteiger partial charge is 0.310 e. The number of anilines is 3. The van der Waals surface area contributed by atoms with Gasteiger partial charge in [-0.2, -0.15) is 0 Å². The standard InChI is InChI=1S/C72H56N2/c1-72(53-25-7-3-8-26-53)64-36-14-11-30-62(64)70-58(33-19-37-65(70)72)50-41-45-55(46-42-50)73(66-38-15-12-29-60(66)61-35-18-24-52-23-17-32-57(69(52)61)49-21-5-2-6-22-49)56-47-43-51(44-48-56)59-34-20-40-68-71(59)63-31-13-16-39-67(63)74(68)54-27-9-4-10-28-54/h3-4,7-20,23-49H,2,5-6,21-22H2,1H3. The molecule has 2 nitrogen and oxygen atoms in total. The van der Waals surface area contributed by atoms with Crippen molar-refractivity contribution in [1.82, 2.24) is 4.57 Å². The predicted molar refractivity (Wildman–Crippen MR) is 313 cm³/mol. The number of aromatic nitrogens is 1. The molecule has 0 bridgehead atoms. The van der Waals surface area contributed by atoms with Gasteiger partial charge in [0.1, 0.15) is 0 Å². The molecule has 354 valence electrons. The van der Waals surface area contributed by atoms with E-state index in [1.54, 1.807) is 0 Å². The lowest BCUT2D eigenvalue weighted by molar-refractivity contribution is 0.445. The summed E-state index contributed by atoms with van der Waals surface area (Å²) in [5.74, 6) is 0.570. The molecule has 0 N–H and O–H groups in total. The van der Waals surface area contributed by atoms with Crippen LogP contribution >= 0.6 is 0 Å². The third kappa shape index (κ3) is 7.07. The molecule has 2 heteroatoms. The van der Waals surface area contributed by atoms with Crippen LogP contribution in [0.4, 0.5) is 17.1 Å². The van der Waals surface area contributed by atoms with Gasteiger partial charge < -0.3 is 9.47 Å². The van der Waals surface area contributed by atoms with Crippen molar-refractivity contribution < 1.29 is 0 Å². The maximum atomic E-state index is 2.49. The third-order valence-electron chi connectivity index (χ3n) is 16.7. The molecule has 11 aromatic carbocycles. The van der Waals surface area contributed by atoms with Gasteiger partial charge in [0.05, 0.1) is 16.7 Å². The average Bonchev–Trinajstić information content (AvgIpc) is 3.98. The summed E-state index contributed by atoms with van der Waals surface area (Å²) in [5.41, 5.74) is 22.2. The number of nitrogens with zero attached hydrogens (tertiary/aromatic N) is 2. The van der Waals surface area contributed by atoms with Crippen molar-refractivity contribution >= 4 is 49.6 Å². The molecule has 1 unspecified atom stereocenters. The van der Waals surface area contributed by atoms with Gasteiger partial charge in [-0.15, -0.1) is 0 Å². The number of benzene rings is 11. The molecule has 1 saturated carbocycles. The van der Waals surface area contributed by atoms with Crippen LogP contribution < -0.4 is 4.90 Å². The molecule has 1 atom stereocenters. The van der Waals surface area contributed by atoms with E-state index < -0.39 is 0 Å². The van der Waals surface area contributed by atoms with Crippen LogP contribution in [0.3, 0.4) is 0 Å². The number of rotatable bonds is 9. The van der Waals surface area contributed by atoms with Gasteiger partial charge in [0.2, 0.25) is 0 Å². The zero-order chi connectivity index (χ0) is 49.2. The maximum absolute atomic E-state index is 2.49. The van der Waals surface area contributed by atoms with Gasteiger partial charge in [-0.25, -0.2) is 0 Å². The minimum atomic E-state index is -0.265. The Balaban J connectivity index is 0.930. The summed E-state index contributed by atoms with van der Waals surface area (Å²) < 4.78 is 2.40. The van der Waals surface area contributed by atoms with Gasteiger partial charge in [0, 0.05) is 38.8 Å². The highest BCUT2D eigenvalue weighted by atomic mass is 15.1. The Bertz CT molecular complexity index is 4040. The van der Waals surface area contributed by atoms with Crippen molar-refractivity contribution in [3.8, 4) is 50.2 Å². The van der Waals surface area contributed by atoms with E-state index in [0.717, 1.165) is 22.7 Å². The number of hydrogen-bond acceptors (Lipinski definition) is 1. The fourth-order valence-corrected chi connectivity index (χ4v) is 13.2. The monoisotopic (exact) mass is 948 g/mol. The predicted octanol–water partition coefficient (Wildman–Crippen LogP) is 19.8. The topological polar surface area (TPSA) is 8.17 Å². The van der Waals surface area contributed by atoms with Crippen LogP contribution in [0.15, 0.2) is 255 Å². The number of hydrogen-bond donors (Lipinski definition) is 0. The van der Waals surface area contributed by atoms with Crippen LogP contribution in [0.2, 0.25) is 0 Å². The number of para-hydroxylation sites is 3. The Kier molecular flexibility index (Phi) is 10.8. The quantitative estimate of drug-likeness (QED) is 0.140. The van der Waals surface area contributed by atoms with E-state index in [9.17, 15) is 0 Å². The molecule has 1 heterocycles. The molecule has 0 spiro atoms. The van der Waals surface area contributed by atoms with Crippen LogP contribution in [0, 0.1) is 0 Å². The first-order chi connectivity index (χ1) is 36.6. The fourth-order valence-electron chi connectivity index (χ4n) is 13.2. The molecule has 0 saturated heterocycles. The van der Waals surface area contributed by atoms with E-state index in [1.807, 2.05) is 0 Å². The lowest BCUT2D eigenvalue weighted by atomic mass is 9.74. The minimum absolute atomic E-state index is 0.265. The summed E-state index contributed by atoms with van der Waals surface area (Å²) in [6.45, 7) is 2.40. The van der Waals surface area contributed by atoms with Gasteiger partial charge in [0.25, 0.3) is 0 Å². The first kappa shape index (κ1) is 44.0. The van der Waals surface area contributed by atoms with Gasteiger partial charge in [-0.3, -0.25) is 0 Å². The Morgan fingerprint density at radius 3 is 1.73 bits per heavy atom. The third-order valence-corrected chi connectivity index (χ3v) is 16.7. The molecule has 2 aliphatic rings. The summed E-state index contributed by atoms with van der Waals surface area (Å²) in [7, 11) is 0. The zero-order valence-corrected chi connectivity index (χ0v) is 41.8. The summed E-state index contributed by atoms with van der Waals surface area (Å²) in [4.78, 5) is 2.49. The Hall–Kier alpha value is -8.72. The Morgan fingerprint density at radius 1 is 0.405 bits per heavy atom. The second kappa shape index (κ2) is 18.1. The van der Waals surface area contributed by atoms with Crippen LogP contribution in [0.5, 0.6) is 0 Å². The first-order valence-electron chi connectivity index (χ1n) is 26.6. The summed E-state index contributed by atoms with van der Waals surface area (Å²) >= 11 is 0. The highest BCUT2D eigenvalue weighted by Gasteiger charge is 2.41. The van der Waals surface area contributed by atoms with E-state index in [4.69, 9.17) is 0 Å². The van der Waals surface area contributed by atoms with Gasteiger partial charge in [0.15, 0.2) is 0 Å².